The summed E-state index contributed by atoms with van der Waals surface area (Å²) in [6.45, 7) is 0.642. The Bertz CT molecular complexity index is 876. The molecule has 1 aromatic carbocycles. The van der Waals surface area contributed by atoms with Crippen molar-refractivity contribution in [3.05, 3.63) is 66.0 Å². The summed E-state index contributed by atoms with van der Waals surface area (Å²) >= 11 is 0. The van der Waals surface area contributed by atoms with Crippen molar-refractivity contribution in [1.29, 1.82) is 0 Å². The lowest BCUT2D eigenvalue weighted by Gasteiger charge is -2.25. The van der Waals surface area contributed by atoms with E-state index in [1.54, 1.807) is 12.4 Å². The van der Waals surface area contributed by atoms with Crippen molar-refractivity contribution >= 4 is 11.7 Å². The van der Waals surface area contributed by atoms with Crippen molar-refractivity contribution in [3.8, 4) is 11.3 Å². The van der Waals surface area contributed by atoms with Gasteiger partial charge in [0.15, 0.2) is 5.82 Å². The van der Waals surface area contributed by atoms with E-state index in [0.717, 1.165) is 23.2 Å². The number of carbonyl (C=O) groups excluding carboxylic acids is 1. The molecule has 0 spiro atoms. The molecule has 4 rings (SSSR count). The minimum Gasteiger partial charge on any atom is -0.373 e. The van der Waals surface area contributed by atoms with Crippen molar-refractivity contribution in [2.75, 3.05) is 11.9 Å². The molecule has 1 unspecified atom stereocenters. The van der Waals surface area contributed by atoms with Gasteiger partial charge in [-0.05, 0) is 29.7 Å². The van der Waals surface area contributed by atoms with E-state index < -0.39 is 0 Å². The minimum atomic E-state index is -0.205. The molecule has 2 aromatic heterocycles. The number of rotatable bonds is 4. The fourth-order valence-electron chi connectivity index (χ4n) is 3.07. The van der Waals surface area contributed by atoms with E-state index in [9.17, 15) is 4.79 Å². The predicted molar refractivity (Wildman–Crippen MR) is 93.9 cm³/mol. The number of fused-ring (bicyclic) bond motifs is 1. The Morgan fingerprint density at radius 1 is 1.24 bits per heavy atom. The van der Waals surface area contributed by atoms with Gasteiger partial charge in [0.05, 0.1) is 24.8 Å². The molecule has 1 aliphatic heterocycles. The van der Waals surface area contributed by atoms with Crippen LogP contribution >= 0.6 is 0 Å². The topological polar surface area (TPSA) is 79.9 Å². The number of anilines is 1. The summed E-state index contributed by atoms with van der Waals surface area (Å²) in [4.78, 5) is 16.4. The first-order valence-corrected chi connectivity index (χ1v) is 8.24. The van der Waals surface area contributed by atoms with Gasteiger partial charge in [-0.1, -0.05) is 24.3 Å². The lowest BCUT2D eigenvalue weighted by atomic mass is 9.96. The van der Waals surface area contributed by atoms with Gasteiger partial charge in [0.2, 0.25) is 5.91 Å². The molecule has 6 heteroatoms. The molecule has 1 amide bonds. The summed E-state index contributed by atoms with van der Waals surface area (Å²) < 4.78 is 5.79. The lowest BCUT2D eigenvalue weighted by molar-refractivity contribution is -0.119. The lowest BCUT2D eigenvalue weighted by Crippen LogP contribution is -2.22. The van der Waals surface area contributed by atoms with E-state index in [-0.39, 0.29) is 18.4 Å². The van der Waals surface area contributed by atoms with Crippen molar-refractivity contribution < 1.29 is 9.53 Å². The highest BCUT2D eigenvalue weighted by atomic mass is 16.5. The average Bonchev–Trinajstić information content (AvgIpc) is 3.11. The Labute approximate surface area is 145 Å². The van der Waals surface area contributed by atoms with Crippen LogP contribution in [0.25, 0.3) is 11.3 Å². The number of aromatic nitrogens is 3. The smallest absolute Gasteiger partial charge is 0.228 e. The molecule has 1 atom stereocenters. The van der Waals surface area contributed by atoms with E-state index in [4.69, 9.17) is 4.74 Å². The molecular weight excluding hydrogens is 316 g/mol. The molecule has 25 heavy (non-hydrogen) atoms. The number of amides is 1. The van der Waals surface area contributed by atoms with Gasteiger partial charge in [-0.2, -0.15) is 5.10 Å². The maximum Gasteiger partial charge on any atom is 0.228 e. The number of carbonyl (C=O) groups is 1. The standard InChI is InChI=1S/C19H18N4O2/c24-19(12-17-15-4-2-1-3-13(15)7-10-25-17)21-18-11-16(22-23-18)14-5-8-20-9-6-14/h1-6,8-9,11,17H,7,10,12H2,(H2,21,22,23,24). The number of benzene rings is 1. The van der Waals surface area contributed by atoms with Crippen LogP contribution in [-0.4, -0.2) is 27.7 Å². The second-order valence-electron chi connectivity index (χ2n) is 5.96. The number of nitrogens with zero attached hydrogens (tertiary/aromatic N) is 2. The zero-order valence-electron chi connectivity index (χ0n) is 13.6. The quantitative estimate of drug-likeness (QED) is 0.768. The van der Waals surface area contributed by atoms with Crippen molar-refractivity contribution in [1.82, 2.24) is 15.2 Å². The first-order chi connectivity index (χ1) is 12.3. The van der Waals surface area contributed by atoms with Crippen LogP contribution in [-0.2, 0) is 16.0 Å². The summed E-state index contributed by atoms with van der Waals surface area (Å²) in [5, 5.41) is 9.91. The summed E-state index contributed by atoms with van der Waals surface area (Å²) in [7, 11) is 0. The van der Waals surface area contributed by atoms with E-state index in [2.05, 4.69) is 26.6 Å². The predicted octanol–water partition coefficient (Wildman–Crippen LogP) is 3.11. The monoisotopic (exact) mass is 334 g/mol. The van der Waals surface area contributed by atoms with E-state index in [1.165, 1.54) is 5.56 Å². The molecule has 0 saturated carbocycles. The largest absolute Gasteiger partial charge is 0.373 e. The molecule has 0 saturated heterocycles. The number of hydrogen-bond donors (Lipinski definition) is 2. The normalized spacial score (nSPS) is 16.2. The van der Waals surface area contributed by atoms with Crippen LogP contribution in [0.1, 0.15) is 23.7 Å². The molecular formula is C19H18N4O2. The molecule has 3 heterocycles. The van der Waals surface area contributed by atoms with Gasteiger partial charge in [0, 0.05) is 24.0 Å². The van der Waals surface area contributed by atoms with E-state index in [0.29, 0.717) is 12.4 Å². The van der Waals surface area contributed by atoms with Gasteiger partial charge in [-0.15, -0.1) is 0 Å². The van der Waals surface area contributed by atoms with Crippen molar-refractivity contribution in [2.24, 2.45) is 0 Å². The Kier molecular flexibility index (Phi) is 4.26. The van der Waals surface area contributed by atoms with Gasteiger partial charge in [-0.3, -0.25) is 14.9 Å². The van der Waals surface area contributed by atoms with Crippen LogP contribution in [0.2, 0.25) is 0 Å². The molecule has 2 N–H and O–H groups in total. The molecule has 0 aliphatic carbocycles. The highest BCUT2D eigenvalue weighted by molar-refractivity contribution is 5.90. The first kappa shape index (κ1) is 15.5. The number of pyridine rings is 1. The van der Waals surface area contributed by atoms with E-state index >= 15 is 0 Å². The summed E-state index contributed by atoms with van der Waals surface area (Å²) in [6.07, 6.45) is 4.39. The SMILES string of the molecule is O=C(CC1OCCc2ccccc21)Nc1cc(-c2ccncc2)[nH]n1. The van der Waals surface area contributed by atoms with Gasteiger partial charge in [0.1, 0.15) is 0 Å². The maximum atomic E-state index is 12.4. The third-order valence-electron chi connectivity index (χ3n) is 4.30. The maximum absolute atomic E-state index is 12.4. The van der Waals surface area contributed by atoms with Gasteiger partial charge in [-0.25, -0.2) is 0 Å². The Morgan fingerprint density at radius 3 is 2.96 bits per heavy atom. The van der Waals surface area contributed by atoms with Crippen LogP contribution in [0, 0.1) is 0 Å². The molecule has 126 valence electrons. The highest BCUT2D eigenvalue weighted by Crippen LogP contribution is 2.29. The third-order valence-corrected chi connectivity index (χ3v) is 4.30. The number of hydrogen-bond acceptors (Lipinski definition) is 4. The van der Waals surface area contributed by atoms with Gasteiger partial charge < -0.3 is 10.1 Å². The molecule has 0 fully saturated rings. The molecule has 3 aromatic rings. The fourth-order valence-corrected chi connectivity index (χ4v) is 3.07. The second kappa shape index (κ2) is 6.86. The number of nitrogens with one attached hydrogen (secondary N) is 2. The van der Waals surface area contributed by atoms with Crippen LogP contribution < -0.4 is 5.32 Å². The van der Waals surface area contributed by atoms with Crippen molar-refractivity contribution in [3.63, 3.8) is 0 Å². The summed E-state index contributed by atoms with van der Waals surface area (Å²) in [5.74, 6) is 0.385. The molecule has 6 nitrogen and oxygen atoms in total. The molecule has 0 radical (unpaired) electrons. The average molecular weight is 334 g/mol. The Balaban J connectivity index is 1.43. The van der Waals surface area contributed by atoms with Gasteiger partial charge >= 0.3 is 0 Å². The van der Waals surface area contributed by atoms with Gasteiger partial charge in [0.25, 0.3) is 0 Å². The number of ether oxygens (including phenoxy) is 1. The Hall–Kier alpha value is -2.99. The fraction of sp³-hybridized carbons (Fsp3) is 0.211. The zero-order valence-corrected chi connectivity index (χ0v) is 13.6. The highest BCUT2D eigenvalue weighted by Gasteiger charge is 2.23. The zero-order chi connectivity index (χ0) is 17.1. The molecule has 1 aliphatic rings. The third kappa shape index (κ3) is 3.44. The molecule has 0 bridgehead atoms. The first-order valence-electron chi connectivity index (χ1n) is 8.24. The number of H-pyrrole nitrogens is 1. The summed E-state index contributed by atoms with van der Waals surface area (Å²) in [5.41, 5.74) is 4.15. The minimum absolute atomic E-state index is 0.116. The van der Waals surface area contributed by atoms with Crippen LogP contribution in [0.4, 0.5) is 5.82 Å². The van der Waals surface area contributed by atoms with Crippen molar-refractivity contribution in [2.45, 2.75) is 18.9 Å². The van der Waals surface area contributed by atoms with E-state index in [1.807, 2.05) is 36.4 Å². The number of aromatic amines is 1. The Morgan fingerprint density at radius 2 is 2.08 bits per heavy atom. The van der Waals surface area contributed by atoms with Crippen LogP contribution in [0.3, 0.4) is 0 Å². The van der Waals surface area contributed by atoms with Crippen LogP contribution in [0.15, 0.2) is 54.9 Å². The van der Waals surface area contributed by atoms with Crippen LogP contribution in [0.5, 0.6) is 0 Å². The second-order valence-corrected chi connectivity index (χ2v) is 5.96. The summed E-state index contributed by atoms with van der Waals surface area (Å²) in [6, 6.07) is 13.7.